The van der Waals surface area contributed by atoms with Gasteiger partial charge in [0.2, 0.25) is 0 Å². The van der Waals surface area contributed by atoms with Gasteiger partial charge in [-0.05, 0) is 74.3 Å². The van der Waals surface area contributed by atoms with Crippen LogP contribution in [0.25, 0.3) is 17.7 Å². The van der Waals surface area contributed by atoms with Crippen molar-refractivity contribution in [2.45, 2.75) is 20.3 Å². The molecule has 0 atom stereocenters. The summed E-state index contributed by atoms with van der Waals surface area (Å²) in [7, 11) is 0. The Labute approximate surface area is 198 Å². The molecule has 0 bridgehead atoms. The average Bonchev–Trinajstić information content (AvgIpc) is 3.44. The molecule has 0 fully saturated rings. The third-order valence-electron chi connectivity index (χ3n) is 6.25. The van der Waals surface area contributed by atoms with E-state index in [0.717, 1.165) is 26.9 Å². The Morgan fingerprint density at radius 2 is 1.68 bits per heavy atom. The molecule has 0 saturated carbocycles. The fourth-order valence-corrected chi connectivity index (χ4v) is 4.65. The van der Waals surface area contributed by atoms with Crippen molar-refractivity contribution in [3.8, 4) is 11.5 Å². The number of allylic oxidation sites excluding steroid dienone is 2. The highest BCUT2D eigenvalue weighted by Gasteiger charge is 2.52. The molecule has 34 heavy (non-hydrogen) atoms. The summed E-state index contributed by atoms with van der Waals surface area (Å²) in [6, 6.07) is 17.2. The summed E-state index contributed by atoms with van der Waals surface area (Å²) in [6.45, 7) is 0.295. The van der Waals surface area contributed by atoms with E-state index in [4.69, 9.17) is 10.5 Å². The van der Waals surface area contributed by atoms with E-state index in [0.29, 0.717) is 35.8 Å². The zero-order chi connectivity index (χ0) is 23.9. The van der Waals surface area contributed by atoms with Crippen molar-refractivity contribution in [1.29, 1.82) is 0 Å². The van der Waals surface area contributed by atoms with Gasteiger partial charge in [0.25, 0.3) is 0 Å². The fourth-order valence-electron chi connectivity index (χ4n) is 4.65. The molecule has 3 heterocycles. The van der Waals surface area contributed by atoms with E-state index in [1.165, 1.54) is 16.3 Å². The number of rotatable bonds is 6. The summed E-state index contributed by atoms with van der Waals surface area (Å²) in [6.07, 6.45) is 8.98. The Kier molecular flexibility index (Phi) is 5.58. The number of aryl methyl sites for hydroxylation is 2. The molecule has 2 aliphatic rings. The van der Waals surface area contributed by atoms with Gasteiger partial charge in [-0.15, -0.1) is 0 Å². The predicted molar refractivity (Wildman–Crippen MR) is 135 cm³/mol. The van der Waals surface area contributed by atoms with E-state index in [2.05, 4.69) is 0 Å². The number of hydrogen-bond acceptors (Lipinski definition) is 2. The van der Waals surface area contributed by atoms with Gasteiger partial charge in [-0.2, -0.15) is 0 Å². The van der Waals surface area contributed by atoms with Gasteiger partial charge in [0.05, 0.1) is 0 Å². The molecule has 172 valence electrons. The van der Waals surface area contributed by atoms with Crippen LogP contribution in [0.15, 0.2) is 72.4 Å². The average molecular weight is 457 g/mol. The van der Waals surface area contributed by atoms with Crippen LogP contribution in [0.1, 0.15) is 34.5 Å². The maximum absolute atomic E-state index is 15.6. The van der Waals surface area contributed by atoms with Crippen LogP contribution in [0.4, 0.5) is 8.63 Å². The summed E-state index contributed by atoms with van der Waals surface area (Å²) in [5.74, 6) is 1.48. The zero-order valence-corrected chi connectivity index (χ0v) is 19.2. The van der Waals surface area contributed by atoms with Crippen LogP contribution in [-0.2, 0) is 0 Å². The molecule has 2 N–H and O–H groups in total. The predicted octanol–water partition coefficient (Wildman–Crippen LogP) is 6.02. The molecule has 0 amide bonds. The second-order valence-corrected chi connectivity index (χ2v) is 8.69. The van der Waals surface area contributed by atoms with E-state index in [1.54, 1.807) is 18.2 Å². The molecule has 5 rings (SSSR count). The first-order valence-electron chi connectivity index (χ1n) is 11.4. The van der Waals surface area contributed by atoms with Crippen molar-refractivity contribution < 1.29 is 17.9 Å². The molecule has 0 radical (unpaired) electrons. The number of benzene rings is 2. The van der Waals surface area contributed by atoms with Crippen LogP contribution in [0.5, 0.6) is 11.5 Å². The lowest BCUT2D eigenvalue weighted by molar-refractivity contribution is -0.356. The van der Waals surface area contributed by atoms with E-state index in [9.17, 15) is 0 Å². The SMILES string of the molecule is Cc1ccc(Oc2ccc(/C=C/c3cc(C)c4n3[B-](F)(F)[N+]3=CC=CC3=C4CCN)cc2)cc1. The minimum Gasteiger partial charge on any atom is -0.457 e. The molecule has 0 unspecified atom stereocenters. The Morgan fingerprint density at radius 3 is 2.35 bits per heavy atom. The van der Waals surface area contributed by atoms with Crippen molar-refractivity contribution in [2.75, 3.05) is 6.54 Å². The second-order valence-electron chi connectivity index (χ2n) is 8.69. The van der Waals surface area contributed by atoms with E-state index in [1.807, 2.05) is 74.5 Å². The smallest absolute Gasteiger partial charge is 0.457 e. The van der Waals surface area contributed by atoms with Crippen LogP contribution in [0.3, 0.4) is 0 Å². The normalized spacial score (nSPS) is 16.1. The molecule has 7 heteroatoms. The molecule has 0 spiro atoms. The Hall–Kier alpha value is -3.71. The van der Waals surface area contributed by atoms with Gasteiger partial charge in [0, 0.05) is 29.1 Å². The van der Waals surface area contributed by atoms with E-state index in [-0.39, 0.29) is 0 Å². The second kappa shape index (κ2) is 8.58. The molecule has 0 aliphatic carbocycles. The Morgan fingerprint density at radius 1 is 1.00 bits per heavy atom. The summed E-state index contributed by atoms with van der Waals surface area (Å²) in [5.41, 5.74) is 11.1. The summed E-state index contributed by atoms with van der Waals surface area (Å²) in [4.78, 5) is 0. The minimum atomic E-state index is -4.00. The number of nitrogens with zero attached hydrogens (tertiary/aromatic N) is 2. The van der Waals surface area contributed by atoms with Gasteiger partial charge in [-0.1, -0.05) is 35.9 Å². The largest absolute Gasteiger partial charge is 0.737 e. The van der Waals surface area contributed by atoms with Gasteiger partial charge in [0.15, 0.2) is 5.70 Å². The summed E-state index contributed by atoms with van der Waals surface area (Å²) < 4.78 is 39.4. The highest BCUT2D eigenvalue weighted by Crippen LogP contribution is 2.40. The number of fused-ring (bicyclic) bond motifs is 2. The topological polar surface area (TPSA) is 43.2 Å². The number of nitrogens with two attached hydrogens (primary N) is 1. The van der Waals surface area contributed by atoms with Gasteiger partial charge in [-0.3, -0.25) is 0 Å². The van der Waals surface area contributed by atoms with E-state index >= 15 is 8.63 Å². The molecule has 2 aliphatic heterocycles. The van der Waals surface area contributed by atoms with Gasteiger partial charge in [0.1, 0.15) is 17.7 Å². The van der Waals surface area contributed by atoms with Crippen molar-refractivity contribution in [3.05, 3.63) is 101 Å². The van der Waals surface area contributed by atoms with Crippen molar-refractivity contribution in [1.82, 2.24) is 4.48 Å². The third-order valence-corrected chi connectivity index (χ3v) is 6.25. The number of ether oxygens (including phenoxy) is 1. The number of aromatic nitrogens is 1. The van der Waals surface area contributed by atoms with Gasteiger partial charge in [-0.25, -0.2) is 0 Å². The number of hydrogen-bond donors (Lipinski definition) is 1. The lowest BCUT2D eigenvalue weighted by atomic mass is 9.86. The molecular formula is C27H26BF2N3O. The van der Waals surface area contributed by atoms with Crippen LogP contribution >= 0.6 is 0 Å². The van der Waals surface area contributed by atoms with Crippen molar-refractivity contribution in [2.24, 2.45) is 5.73 Å². The summed E-state index contributed by atoms with van der Waals surface area (Å²) >= 11 is 0. The molecule has 3 aromatic rings. The Bertz CT molecular complexity index is 1360. The lowest BCUT2D eigenvalue weighted by Gasteiger charge is -2.32. The van der Waals surface area contributed by atoms with Crippen LogP contribution in [-0.4, -0.2) is 28.7 Å². The van der Waals surface area contributed by atoms with E-state index < -0.39 is 6.97 Å². The molecule has 2 aromatic carbocycles. The first-order chi connectivity index (χ1) is 16.4. The molecule has 0 saturated heterocycles. The van der Waals surface area contributed by atoms with Crippen LogP contribution < -0.4 is 10.5 Å². The van der Waals surface area contributed by atoms with Gasteiger partial charge < -0.3 is 28.1 Å². The molecule has 1 aromatic heterocycles. The Balaban J connectivity index is 1.44. The van der Waals surface area contributed by atoms with Gasteiger partial charge >= 0.3 is 6.97 Å². The van der Waals surface area contributed by atoms with Crippen LogP contribution in [0, 0.1) is 13.8 Å². The quantitative estimate of drug-likeness (QED) is 0.461. The minimum absolute atomic E-state index is 0.395. The first-order valence-corrected chi connectivity index (χ1v) is 11.4. The number of halogens is 2. The highest BCUT2D eigenvalue weighted by atomic mass is 19.2. The third kappa shape index (κ3) is 3.82. The standard InChI is InChI=1S/C27H26BF2N3O/c1-19-5-11-23(12-6-19)34-24-13-8-21(9-14-24)7-10-22-18-20(2)27-25(15-16-31)26-4-3-17-32(26)28(29,30)33(22)27/h3-14,17-18H,15-16,31H2,1-2H3/b10-7+. The maximum Gasteiger partial charge on any atom is 0.737 e. The lowest BCUT2D eigenvalue weighted by Crippen LogP contribution is -2.50. The highest BCUT2D eigenvalue weighted by molar-refractivity contribution is 6.58. The molecular weight excluding hydrogens is 431 g/mol. The fraction of sp³-hybridized carbons (Fsp3) is 0.148. The van der Waals surface area contributed by atoms with Crippen molar-refractivity contribution in [3.63, 3.8) is 0 Å². The maximum atomic E-state index is 15.6. The first kappa shape index (κ1) is 22.1. The monoisotopic (exact) mass is 457 g/mol. The van der Waals surface area contributed by atoms with Crippen LogP contribution in [0.2, 0.25) is 0 Å². The zero-order valence-electron chi connectivity index (χ0n) is 19.2. The van der Waals surface area contributed by atoms with Crippen molar-refractivity contribution >= 4 is 30.9 Å². The molecule has 4 nitrogen and oxygen atoms in total. The summed E-state index contributed by atoms with van der Waals surface area (Å²) in [5, 5.41) is 0.